The van der Waals surface area contributed by atoms with Gasteiger partial charge in [0.1, 0.15) is 14.6 Å². The highest BCUT2D eigenvalue weighted by atomic mass is 28.3. The molecular weight excluding hydrogens is 805 g/mol. The van der Waals surface area contributed by atoms with Crippen molar-refractivity contribution in [2.24, 2.45) is 0 Å². The Hall–Kier alpha value is -8.25. The van der Waals surface area contributed by atoms with Crippen LogP contribution in [0.5, 0.6) is 0 Å². The number of nitrogens with zero attached hydrogens (tertiary/aromatic N) is 4. The van der Waals surface area contributed by atoms with E-state index >= 15 is 0 Å². The van der Waals surface area contributed by atoms with Gasteiger partial charge in [0.15, 0.2) is 5.82 Å². The number of benzene rings is 9. The molecule has 0 amide bonds. The highest BCUT2D eigenvalue weighted by Gasteiger charge is 2.23. The molecule has 5 heteroatoms. The van der Waals surface area contributed by atoms with Gasteiger partial charge < -0.3 is 0 Å². The van der Waals surface area contributed by atoms with Gasteiger partial charge in [-0.3, -0.25) is 4.57 Å². The van der Waals surface area contributed by atoms with Crippen LogP contribution in [0.4, 0.5) is 0 Å². The lowest BCUT2D eigenvalue weighted by Gasteiger charge is -2.22. The summed E-state index contributed by atoms with van der Waals surface area (Å²) in [6.07, 6.45) is 0. The van der Waals surface area contributed by atoms with E-state index < -0.39 is 8.80 Å². The Labute approximate surface area is 381 Å². The van der Waals surface area contributed by atoms with Gasteiger partial charge >= 0.3 is 0 Å². The molecule has 0 saturated carbocycles. The first-order valence-corrected chi connectivity index (χ1v) is 23.9. The van der Waals surface area contributed by atoms with Crippen molar-refractivity contribution in [1.29, 1.82) is 0 Å². The number of fused-ring (bicyclic) bond motifs is 1. The number of hydrogen-bond acceptors (Lipinski definition) is 3. The zero-order valence-electron chi connectivity index (χ0n) is 36.0. The molecule has 65 heavy (non-hydrogen) atoms. The van der Waals surface area contributed by atoms with Gasteiger partial charge in [-0.2, -0.15) is 0 Å². The predicted molar refractivity (Wildman–Crippen MR) is 273 cm³/mol. The minimum atomic E-state index is -1.78. The number of imidazole rings is 1. The summed E-state index contributed by atoms with van der Waals surface area (Å²) < 4.78 is 2.23. The molecule has 0 aliphatic rings. The van der Waals surface area contributed by atoms with Crippen molar-refractivity contribution >= 4 is 35.4 Å². The maximum absolute atomic E-state index is 5.22. The zero-order chi connectivity index (χ0) is 43.5. The fourth-order valence-corrected chi connectivity index (χ4v) is 12.3. The van der Waals surface area contributed by atoms with Gasteiger partial charge in [0.05, 0.1) is 22.4 Å². The maximum atomic E-state index is 5.22. The van der Waals surface area contributed by atoms with Crippen LogP contribution >= 0.6 is 0 Å². The van der Waals surface area contributed by atoms with Gasteiger partial charge in [-0.05, 0) is 88.5 Å². The molecule has 2 aromatic heterocycles. The lowest BCUT2D eigenvalue weighted by atomic mass is 9.94. The molecule has 0 atom stereocenters. The van der Waals surface area contributed by atoms with Crippen LogP contribution in [0.15, 0.2) is 243 Å². The summed E-state index contributed by atoms with van der Waals surface area (Å²) in [6.45, 7) is 2.23. The van der Waals surface area contributed by atoms with E-state index in [1.807, 2.05) is 18.2 Å². The van der Waals surface area contributed by atoms with Gasteiger partial charge in [-0.1, -0.05) is 204 Å². The fraction of sp³-hybridized carbons (Fsp3) is 0.0167. The number of para-hydroxylation sites is 2. The van der Waals surface area contributed by atoms with Gasteiger partial charge in [-0.15, -0.1) is 0 Å². The van der Waals surface area contributed by atoms with Crippen molar-refractivity contribution in [3.05, 3.63) is 248 Å². The van der Waals surface area contributed by atoms with E-state index in [0.717, 1.165) is 61.8 Å². The molecule has 0 N–H and O–H groups in total. The Bertz CT molecular complexity index is 3370. The molecule has 0 unspecified atom stereocenters. The molecule has 0 aliphatic carbocycles. The van der Waals surface area contributed by atoms with Crippen LogP contribution < -0.4 is 15.6 Å². The van der Waals surface area contributed by atoms with E-state index in [0.29, 0.717) is 5.82 Å². The molecule has 0 saturated heterocycles. The average Bonchev–Trinajstić information content (AvgIpc) is 3.78. The topological polar surface area (TPSA) is 43.6 Å². The molecule has 0 radical (unpaired) electrons. The fourth-order valence-electron chi connectivity index (χ4n) is 9.07. The second-order valence-electron chi connectivity index (χ2n) is 16.4. The second-order valence-corrected chi connectivity index (χ2v) is 19.3. The summed E-state index contributed by atoms with van der Waals surface area (Å²) in [7, 11) is -1.78. The molecule has 2 heterocycles. The molecule has 11 rings (SSSR count). The van der Waals surface area contributed by atoms with Crippen LogP contribution in [0.2, 0.25) is 0 Å². The van der Waals surface area contributed by atoms with Gasteiger partial charge in [-0.25, -0.2) is 15.0 Å². The Morgan fingerprint density at radius 1 is 0.369 bits per heavy atom. The summed E-state index contributed by atoms with van der Waals surface area (Å²) in [5.74, 6) is 1.58. The third-order valence-corrected chi connectivity index (χ3v) is 15.6. The minimum Gasteiger partial charge on any atom is -0.292 e. The van der Waals surface area contributed by atoms with E-state index in [-0.39, 0.29) is 0 Å². The Morgan fingerprint density at radius 2 is 0.877 bits per heavy atom. The van der Waals surface area contributed by atoms with Crippen molar-refractivity contribution in [2.75, 3.05) is 0 Å². The Morgan fingerprint density at radius 3 is 1.54 bits per heavy atom. The number of aromatic nitrogens is 4. The van der Waals surface area contributed by atoms with Crippen molar-refractivity contribution in [2.45, 2.75) is 6.92 Å². The standard InChI is InChI=1S/C60H44N4Si/c1-42-30-31-48(40-53(42)52-26-14-17-29-58(52)65(50-22-10-4-11-23-50)51-24-12-5-13-25-51)43-32-34-45(35-33-43)56-41-55(44-18-6-2-7-19-44)61-59(62-56)46-36-38-49(39-37-46)64-57-28-16-15-27-54(57)63-60(64)47-20-8-3-9-21-47/h2-41,65H,1H3. The molecule has 0 bridgehead atoms. The van der Waals surface area contributed by atoms with E-state index in [2.05, 4.69) is 236 Å². The molecule has 0 aliphatic heterocycles. The Balaban J connectivity index is 0.946. The monoisotopic (exact) mass is 848 g/mol. The van der Waals surface area contributed by atoms with Crippen molar-refractivity contribution in [3.63, 3.8) is 0 Å². The minimum absolute atomic E-state index is 0.672. The summed E-state index contributed by atoms with van der Waals surface area (Å²) >= 11 is 0. The quantitative estimate of drug-likeness (QED) is 0.102. The highest BCUT2D eigenvalue weighted by molar-refractivity contribution is 6.96. The van der Waals surface area contributed by atoms with E-state index in [1.165, 1.54) is 37.8 Å². The lowest BCUT2D eigenvalue weighted by molar-refractivity contribution is 1.10. The summed E-state index contributed by atoms with van der Waals surface area (Å²) in [6, 6.07) is 86.5. The molecule has 11 aromatic rings. The summed E-state index contributed by atoms with van der Waals surface area (Å²) in [4.78, 5) is 15.4. The van der Waals surface area contributed by atoms with Crippen LogP contribution in [0.3, 0.4) is 0 Å². The molecule has 0 fully saturated rings. The van der Waals surface area contributed by atoms with Gasteiger partial charge in [0.2, 0.25) is 0 Å². The van der Waals surface area contributed by atoms with E-state index in [4.69, 9.17) is 15.0 Å². The van der Waals surface area contributed by atoms with Crippen molar-refractivity contribution in [1.82, 2.24) is 19.5 Å². The molecule has 4 nitrogen and oxygen atoms in total. The number of hydrogen-bond donors (Lipinski definition) is 0. The lowest BCUT2D eigenvalue weighted by Crippen LogP contribution is -2.52. The first-order valence-electron chi connectivity index (χ1n) is 22.1. The maximum Gasteiger partial charge on any atom is 0.160 e. The van der Waals surface area contributed by atoms with Crippen LogP contribution in [-0.4, -0.2) is 28.3 Å². The Kier molecular flexibility index (Phi) is 10.6. The van der Waals surface area contributed by atoms with E-state index in [9.17, 15) is 0 Å². The predicted octanol–water partition coefficient (Wildman–Crippen LogP) is 12.4. The van der Waals surface area contributed by atoms with Crippen LogP contribution in [-0.2, 0) is 0 Å². The van der Waals surface area contributed by atoms with Crippen LogP contribution in [0, 0.1) is 6.92 Å². The highest BCUT2D eigenvalue weighted by Crippen LogP contribution is 2.34. The molecule has 308 valence electrons. The van der Waals surface area contributed by atoms with E-state index in [1.54, 1.807) is 0 Å². The molecular formula is C60H44N4Si. The summed E-state index contributed by atoms with van der Waals surface area (Å²) in [5, 5.41) is 4.25. The molecule has 9 aromatic carbocycles. The van der Waals surface area contributed by atoms with Crippen LogP contribution in [0.25, 0.3) is 84.3 Å². The van der Waals surface area contributed by atoms with Crippen molar-refractivity contribution < 1.29 is 0 Å². The third-order valence-electron chi connectivity index (χ3n) is 12.4. The zero-order valence-corrected chi connectivity index (χ0v) is 37.1. The second kappa shape index (κ2) is 17.5. The third kappa shape index (κ3) is 7.90. The average molecular weight is 849 g/mol. The number of aryl methyl sites for hydroxylation is 1. The van der Waals surface area contributed by atoms with Gasteiger partial charge in [0, 0.05) is 27.9 Å². The van der Waals surface area contributed by atoms with Gasteiger partial charge in [0.25, 0.3) is 0 Å². The SMILES string of the molecule is Cc1ccc(-c2ccc(-c3cc(-c4ccccc4)nc(-c4ccc(-n5c(-c6ccccc6)nc6ccccc65)cc4)n3)cc2)cc1-c1ccccc1[SiH](c1ccccc1)c1ccccc1. The normalized spacial score (nSPS) is 11.3. The van der Waals surface area contributed by atoms with Crippen LogP contribution in [0.1, 0.15) is 5.56 Å². The summed E-state index contributed by atoms with van der Waals surface area (Å²) in [5.41, 5.74) is 15.0. The first-order chi connectivity index (χ1) is 32.1. The first kappa shape index (κ1) is 39.6. The van der Waals surface area contributed by atoms with Crippen molar-refractivity contribution in [3.8, 4) is 73.2 Å². The smallest absolute Gasteiger partial charge is 0.160 e. The molecule has 0 spiro atoms. The largest absolute Gasteiger partial charge is 0.292 e. The number of rotatable bonds is 10.